The molecule has 0 saturated heterocycles. The number of aromatic nitrogens is 1. The Labute approximate surface area is 127 Å². The fourth-order valence-electron chi connectivity index (χ4n) is 1.71. The van der Waals surface area contributed by atoms with Crippen molar-refractivity contribution in [2.24, 2.45) is 0 Å². The van der Waals surface area contributed by atoms with E-state index in [1.807, 2.05) is 19.1 Å². The van der Waals surface area contributed by atoms with Gasteiger partial charge in [0.2, 0.25) is 5.91 Å². The molecule has 2 aromatic rings. The second-order valence-electron chi connectivity index (χ2n) is 4.27. The summed E-state index contributed by atoms with van der Waals surface area (Å²) in [6, 6.07) is 7.28. The molecule has 1 aromatic heterocycles. The van der Waals surface area contributed by atoms with Gasteiger partial charge in [-0.1, -0.05) is 6.07 Å². The van der Waals surface area contributed by atoms with Crippen LogP contribution in [0.5, 0.6) is 11.5 Å². The standard InChI is InChI=1S/C15H16N2O3S/c1-10-8-15(21-17-10)16-14(18)7-5-11-4-6-12(19-2)13(9-11)20-3/h4-9H,1-3H3,(H,16,18). The Morgan fingerprint density at radius 2 is 2.00 bits per heavy atom. The van der Waals surface area contributed by atoms with Gasteiger partial charge in [-0.25, -0.2) is 0 Å². The lowest BCUT2D eigenvalue weighted by atomic mass is 10.2. The number of carbonyl (C=O) groups excluding carboxylic acids is 1. The molecule has 0 fully saturated rings. The van der Waals surface area contributed by atoms with Gasteiger partial charge < -0.3 is 14.8 Å². The minimum Gasteiger partial charge on any atom is -0.493 e. The molecule has 0 atom stereocenters. The molecule has 0 bridgehead atoms. The van der Waals surface area contributed by atoms with Gasteiger partial charge in [-0.2, -0.15) is 4.37 Å². The third-order valence-electron chi connectivity index (χ3n) is 2.71. The molecule has 1 aromatic carbocycles. The molecule has 0 radical (unpaired) electrons. The number of methoxy groups -OCH3 is 2. The highest BCUT2D eigenvalue weighted by atomic mass is 32.1. The second kappa shape index (κ2) is 6.90. The van der Waals surface area contributed by atoms with Crippen molar-refractivity contribution in [2.75, 3.05) is 19.5 Å². The van der Waals surface area contributed by atoms with Crippen molar-refractivity contribution in [3.05, 3.63) is 41.6 Å². The lowest BCUT2D eigenvalue weighted by Crippen LogP contribution is -2.06. The van der Waals surface area contributed by atoms with Gasteiger partial charge in [-0.3, -0.25) is 4.79 Å². The van der Waals surface area contributed by atoms with Gasteiger partial charge in [0.25, 0.3) is 0 Å². The van der Waals surface area contributed by atoms with Crippen LogP contribution in [-0.4, -0.2) is 24.5 Å². The molecule has 0 aliphatic rings. The Kier molecular flexibility index (Phi) is 4.94. The predicted molar refractivity (Wildman–Crippen MR) is 84.1 cm³/mol. The van der Waals surface area contributed by atoms with Crippen LogP contribution in [0.4, 0.5) is 5.00 Å². The number of nitrogens with one attached hydrogen (secondary N) is 1. The molecule has 6 heteroatoms. The molecule has 0 aliphatic carbocycles. The van der Waals surface area contributed by atoms with Gasteiger partial charge in [0.15, 0.2) is 11.5 Å². The molecule has 1 N–H and O–H groups in total. The molecule has 1 heterocycles. The summed E-state index contributed by atoms with van der Waals surface area (Å²) in [7, 11) is 3.15. The monoisotopic (exact) mass is 304 g/mol. The van der Waals surface area contributed by atoms with E-state index < -0.39 is 0 Å². The lowest BCUT2D eigenvalue weighted by Gasteiger charge is -2.07. The van der Waals surface area contributed by atoms with Crippen molar-refractivity contribution in [1.29, 1.82) is 0 Å². The Hall–Kier alpha value is -2.34. The van der Waals surface area contributed by atoms with E-state index in [0.29, 0.717) is 11.5 Å². The minimum atomic E-state index is -0.201. The lowest BCUT2D eigenvalue weighted by molar-refractivity contribution is -0.111. The number of hydrogen-bond acceptors (Lipinski definition) is 5. The normalized spacial score (nSPS) is 10.6. The Balaban J connectivity index is 2.04. The summed E-state index contributed by atoms with van der Waals surface area (Å²) in [6.07, 6.45) is 3.18. The van der Waals surface area contributed by atoms with Crippen LogP contribution in [0.2, 0.25) is 0 Å². The minimum absolute atomic E-state index is 0.201. The average molecular weight is 304 g/mol. The SMILES string of the molecule is COc1ccc(C=CC(=O)Nc2cc(C)ns2)cc1OC. The van der Waals surface area contributed by atoms with E-state index in [2.05, 4.69) is 9.69 Å². The summed E-state index contributed by atoms with van der Waals surface area (Å²) in [4.78, 5) is 11.8. The first-order chi connectivity index (χ1) is 10.1. The third-order valence-corrected chi connectivity index (χ3v) is 3.50. The fraction of sp³-hybridized carbons (Fsp3) is 0.200. The Bertz CT molecular complexity index is 665. The van der Waals surface area contributed by atoms with E-state index in [1.54, 1.807) is 32.4 Å². The van der Waals surface area contributed by atoms with Gasteiger partial charge in [0, 0.05) is 6.08 Å². The molecule has 0 unspecified atom stereocenters. The molecule has 110 valence electrons. The molecular formula is C15H16N2O3S. The summed E-state index contributed by atoms with van der Waals surface area (Å²) < 4.78 is 14.5. The first-order valence-electron chi connectivity index (χ1n) is 6.27. The molecule has 1 amide bonds. The number of amides is 1. The summed E-state index contributed by atoms with van der Waals surface area (Å²) in [5.41, 5.74) is 1.74. The van der Waals surface area contributed by atoms with Crippen molar-refractivity contribution in [2.45, 2.75) is 6.92 Å². The van der Waals surface area contributed by atoms with Crippen LogP contribution < -0.4 is 14.8 Å². The zero-order valence-corrected chi connectivity index (χ0v) is 12.9. The summed E-state index contributed by atoms with van der Waals surface area (Å²) in [6.45, 7) is 1.88. The van der Waals surface area contributed by atoms with Gasteiger partial charge in [0.05, 0.1) is 19.9 Å². The van der Waals surface area contributed by atoms with Crippen LogP contribution in [0, 0.1) is 6.92 Å². The molecular weight excluding hydrogens is 288 g/mol. The highest BCUT2D eigenvalue weighted by molar-refractivity contribution is 7.10. The van der Waals surface area contributed by atoms with E-state index in [-0.39, 0.29) is 5.91 Å². The Morgan fingerprint density at radius 1 is 1.24 bits per heavy atom. The predicted octanol–water partition coefficient (Wildman–Crippen LogP) is 3.12. The molecule has 21 heavy (non-hydrogen) atoms. The third kappa shape index (κ3) is 4.06. The van der Waals surface area contributed by atoms with Gasteiger partial charge >= 0.3 is 0 Å². The molecule has 5 nitrogen and oxygen atoms in total. The number of hydrogen-bond donors (Lipinski definition) is 1. The smallest absolute Gasteiger partial charge is 0.249 e. The zero-order chi connectivity index (χ0) is 15.2. The number of carbonyl (C=O) groups is 1. The van der Waals surface area contributed by atoms with Crippen LogP contribution in [-0.2, 0) is 4.79 Å². The van der Waals surface area contributed by atoms with Crippen LogP contribution in [0.1, 0.15) is 11.3 Å². The molecule has 0 aliphatic heterocycles. The van der Waals surface area contributed by atoms with Crippen LogP contribution in [0.3, 0.4) is 0 Å². The van der Waals surface area contributed by atoms with Crippen molar-refractivity contribution >= 4 is 28.5 Å². The average Bonchev–Trinajstić information content (AvgIpc) is 2.89. The first kappa shape index (κ1) is 15.1. The maximum absolute atomic E-state index is 11.8. The number of nitrogens with zero attached hydrogens (tertiary/aromatic N) is 1. The van der Waals surface area contributed by atoms with Gasteiger partial charge in [-0.05, 0) is 48.3 Å². The number of anilines is 1. The molecule has 0 spiro atoms. The zero-order valence-electron chi connectivity index (χ0n) is 12.0. The summed E-state index contributed by atoms with van der Waals surface area (Å²) in [5.74, 6) is 1.07. The quantitative estimate of drug-likeness (QED) is 0.862. The highest BCUT2D eigenvalue weighted by Crippen LogP contribution is 2.28. The van der Waals surface area contributed by atoms with E-state index >= 15 is 0 Å². The number of aryl methyl sites for hydroxylation is 1. The number of benzene rings is 1. The first-order valence-corrected chi connectivity index (χ1v) is 7.04. The maximum Gasteiger partial charge on any atom is 0.249 e. The maximum atomic E-state index is 11.8. The topological polar surface area (TPSA) is 60.5 Å². The van der Waals surface area contributed by atoms with Crippen LogP contribution >= 0.6 is 11.5 Å². The molecule has 2 rings (SSSR count). The van der Waals surface area contributed by atoms with E-state index in [4.69, 9.17) is 9.47 Å². The molecule has 0 saturated carbocycles. The fourth-order valence-corrected chi connectivity index (χ4v) is 2.38. The van der Waals surface area contributed by atoms with E-state index in [0.717, 1.165) is 16.3 Å². The van der Waals surface area contributed by atoms with Crippen molar-refractivity contribution in [3.63, 3.8) is 0 Å². The van der Waals surface area contributed by atoms with Gasteiger partial charge in [0.1, 0.15) is 5.00 Å². The summed E-state index contributed by atoms with van der Waals surface area (Å²) in [5, 5.41) is 3.49. The van der Waals surface area contributed by atoms with Crippen LogP contribution in [0.15, 0.2) is 30.3 Å². The van der Waals surface area contributed by atoms with Gasteiger partial charge in [-0.15, -0.1) is 0 Å². The van der Waals surface area contributed by atoms with Crippen molar-refractivity contribution in [3.8, 4) is 11.5 Å². The highest BCUT2D eigenvalue weighted by Gasteiger charge is 2.04. The van der Waals surface area contributed by atoms with E-state index in [9.17, 15) is 4.79 Å². The summed E-state index contributed by atoms with van der Waals surface area (Å²) >= 11 is 1.26. The largest absolute Gasteiger partial charge is 0.493 e. The van der Waals surface area contributed by atoms with Crippen molar-refractivity contribution in [1.82, 2.24) is 4.37 Å². The van der Waals surface area contributed by atoms with Crippen LogP contribution in [0.25, 0.3) is 6.08 Å². The second-order valence-corrected chi connectivity index (χ2v) is 5.07. The Morgan fingerprint density at radius 3 is 2.62 bits per heavy atom. The van der Waals surface area contributed by atoms with Crippen molar-refractivity contribution < 1.29 is 14.3 Å². The number of rotatable bonds is 5. The van der Waals surface area contributed by atoms with E-state index in [1.165, 1.54) is 17.6 Å². The number of ether oxygens (including phenoxy) is 2.